The van der Waals surface area contributed by atoms with Gasteiger partial charge < -0.3 is 25.4 Å². The van der Waals surface area contributed by atoms with Crippen LogP contribution in [0.25, 0.3) is 32.2 Å². The second kappa shape index (κ2) is 9.33. The van der Waals surface area contributed by atoms with Gasteiger partial charge in [0.2, 0.25) is 0 Å². The van der Waals surface area contributed by atoms with E-state index in [1.165, 1.54) is 0 Å². The van der Waals surface area contributed by atoms with Gasteiger partial charge in [0.25, 0.3) is 0 Å². The highest BCUT2D eigenvalue weighted by Gasteiger charge is 2.40. The zero-order chi connectivity index (χ0) is 28.7. The minimum Gasteiger partial charge on any atom is -0.460 e. The SMILES string of the molecule is CC1(COc2nc(N3CC4CCC(C3)N4)c3cc(C(F)(F)F)c(-c4ccc(F)c5sc(N)nc45)c(F)c3n2)CCO1. The molecule has 216 valence electrons. The van der Waals surface area contributed by atoms with Crippen molar-refractivity contribution in [2.45, 2.75) is 50.0 Å². The molecule has 8 nitrogen and oxygen atoms in total. The van der Waals surface area contributed by atoms with E-state index in [2.05, 4.69) is 20.3 Å². The van der Waals surface area contributed by atoms with E-state index in [-0.39, 0.29) is 62.3 Å². The first-order valence-corrected chi connectivity index (χ1v) is 14.0. The van der Waals surface area contributed by atoms with E-state index in [4.69, 9.17) is 15.2 Å². The van der Waals surface area contributed by atoms with Crippen LogP contribution in [-0.2, 0) is 10.9 Å². The van der Waals surface area contributed by atoms with E-state index in [1.807, 2.05) is 11.8 Å². The Hall–Kier alpha value is -3.36. The first kappa shape index (κ1) is 26.5. The molecule has 3 saturated heterocycles. The number of nitrogens with one attached hydrogen (secondary N) is 1. The smallest absolute Gasteiger partial charge is 0.417 e. The van der Waals surface area contributed by atoms with Gasteiger partial charge in [-0.1, -0.05) is 11.3 Å². The highest BCUT2D eigenvalue weighted by Crippen LogP contribution is 2.46. The lowest BCUT2D eigenvalue weighted by Gasteiger charge is -2.38. The third-order valence-corrected chi connectivity index (χ3v) is 8.97. The summed E-state index contributed by atoms with van der Waals surface area (Å²) in [6.45, 7) is 3.52. The lowest BCUT2D eigenvalue weighted by atomic mass is 9.95. The summed E-state index contributed by atoms with van der Waals surface area (Å²) in [6, 6.07) is 3.05. The van der Waals surface area contributed by atoms with Crippen LogP contribution in [0, 0.1) is 11.6 Å². The number of fused-ring (bicyclic) bond motifs is 4. The average molecular weight is 593 g/mol. The molecule has 0 radical (unpaired) electrons. The number of nitrogens with zero attached hydrogens (tertiary/aromatic N) is 4. The zero-order valence-electron chi connectivity index (χ0n) is 21.8. The molecule has 2 aromatic heterocycles. The molecular formula is C27H25F5N6O2S. The molecule has 2 bridgehead atoms. The quantitative estimate of drug-likeness (QED) is 0.302. The van der Waals surface area contributed by atoms with E-state index in [0.717, 1.165) is 48.8 Å². The van der Waals surface area contributed by atoms with Crippen LogP contribution in [0.1, 0.15) is 31.7 Å². The fourth-order valence-electron chi connectivity index (χ4n) is 5.93. The first-order valence-electron chi connectivity index (χ1n) is 13.2. The van der Waals surface area contributed by atoms with Crippen molar-refractivity contribution in [3.63, 3.8) is 0 Å². The topological polar surface area (TPSA) is 98.4 Å². The first-order chi connectivity index (χ1) is 19.5. The maximum atomic E-state index is 16.6. The number of ether oxygens (including phenoxy) is 2. The van der Waals surface area contributed by atoms with Crippen molar-refractivity contribution >= 4 is 43.4 Å². The summed E-state index contributed by atoms with van der Waals surface area (Å²) in [4.78, 5) is 14.7. The molecule has 0 spiro atoms. The Kier molecular flexibility index (Phi) is 6.04. The Bertz CT molecular complexity index is 1680. The largest absolute Gasteiger partial charge is 0.460 e. The summed E-state index contributed by atoms with van der Waals surface area (Å²) in [7, 11) is 0. The van der Waals surface area contributed by atoms with Crippen LogP contribution in [0.2, 0.25) is 0 Å². The number of piperazine rings is 1. The Labute approximate surface area is 234 Å². The van der Waals surface area contributed by atoms with Gasteiger partial charge in [-0.05, 0) is 38.0 Å². The number of rotatable bonds is 5. The van der Waals surface area contributed by atoms with Crippen molar-refractivity contribution in [3.05, 3.63) is 35.4 Å². The van der Waals surface area contributed by atoms with Crippen LogP contribution in [0.15, 0.2) is 18.2 Å². The highest BCUT2D eigenvalue weighted by molar-refractivity contribution is 7.22. The lowest BCUT2D eigenvalue weighted by Crippen LogP contribution is -2.51. The maximum Gasteiger partial charge on any atom is 0.417 e. The minimum absolute atomic E-state index is 0.0542. The molecule has 3 unspecified atom stereocenters. The monoisotopic (exact) mass is 592 g/mol. The fourth-order valence-corrected chi connectivity index (χ4v) is 6.69. The standard InChI is InChI=1S/C27H25F5N6O2S/c1-26(6-7-40-26)11-39-25-36-20-15(23(37-25)38-9-12-2-3-13(10-38)34-12)8-16(27(30,31)32)18(19(20)29)14-4-5-17(28)22-21(14)35-24(33)41-22/h4-5,8,12-13,34H,2-3,6-7,9-11H2,1H3,(H2,33,35). The number of hydrogen-bond donors (Lipinski definition) is 2. The number of thiazole rings is 1. The maximum absolute atomic E-state index is 16.6. The van der Waals surface area contributed by atoms with E-state index in [9.17, 15) is 17.6 Å². The van der Waals surface area contributed by atoms with Crippen molar-refractivity contribution in [1.29, 1.82) is 0 Å². The van der Waals surface area contributed by atoms with Gasteiger partial charge in [0, 0.05) is 48.1 Å². The minimum atomic E-state index is -4.96. The number of halogens is 5. The Morgan fingerprint density at radius 1 is 1.15 bits per heavy atom. The predicted molar refractivity (Wildman–Crippen MR) is 144 cm³/mol. The Balaban J connectivity index is 1.47. The van der Waals surface area contributed by atoms with Gasteiger partial charge in [0.15, 0.2) is 10.9 Å². The Morgan fingerprint density at radius 2 is 1.88 bits per heavy atom. The van der Waals surface area contributed by atoms with Crippen LogP contribution in [0.4, 0.5) is 32.9 Å². The normalized spacial score (nSPS) is 24.3. The third kappa shape index (κ3) is 4.52. The molecule has 2 aromatic carbocycles. The van der Waals surface area contributed by atoms with Gasteiger partial charge in [-0.25, -0.2) is 13.8 Å². The second-order valence-corrected chi connectivity index (χ2v) is 12.1. The van der Waals surface area contributed by atoms with Crippen molar-refractivity contribution in [1.82, 2.24) is 20.3 Å². The van der Waals surface area contributed by atoms with Crippen molar-refractivity contribution in [2.75, 3.05) is 36.9 Å². The number of nitrogen functional groups attached to an aromatic ring is 1. The van der Waals surface area contributed by atoms with Crippen LogP contribution >= 0.6 is 11.3 Å². The number of hydrogen-bond acceptors (Lipinski definition) is 9. The van der Waals surface area contributed by atoms with Crippen molar-refractivity contribution in [3.8, 4) is 17.1 Å². The molecule has 4 aromatic rings. The molecule has 3 fully saturated rings. The number of anilines is 2. The molecule has 0 aliphatic carbocycles. The number of benzene rings is 2. The molecule has 41 heavy (non-hydrogen) atoms. The molecule has 7 rings (SSSR count). The molecule has 0 saturated carbocycles. The van der Waals surface area contributed by atoms with Gasteiger partial charge in [0.05, 0.1) is 22.4 Å². The van der Waals surface area contributed by atoms with Crippen LogP contribution in [-0.4, -0.2) is 58.9 Å². The van der Waals surface area contributed by atoms with E-state index >= 15 is 4.39 Å². The molecule has 3 atom stereocenters. The molecule has 3 N–H and O–H groups in total. The summed E-state index contributed by atoms with van der Waals surface area (Å²) in [5.74, 6) is -1.78. The number of nitrogens with two attached hydrogens (primary N) is 1. The molecule has 5 heterocycles. The summed E-state index contributed by atoms with van der Waals surface area (Å²) in [5, 5.41) is 3.34. The van der Waals surface area contributed by atoms with Crippen molar-refractivity contribution in [2.24, 2.45) is 0 Å². The number of aromatic nitrogens is 3. The lowest BCUT2D eigenvalue weighted by molar-refractivity contribution is -0.153. The van der Waals surface area contributed by atoms with Crippen LogP contribution in [0.3, 0.4) is 0 Å². The van der Waals surface area contributed by atoms with Crippen LogP contribution in [0.5, 0.6) is 6.01 Å². The van der Waals surface area contributed by atoms with E-state index in [0.29, 0.717) is 19.7 Å². The predicted octanol–water partition coefficient (Wildman–Crippen LogP) is 5.28. The summed E-state index contributed by atoms with van der Waals surface area (Å²) < 4.78 is 86.3. The van der Waals surface area contributed by atoms with E-state index in [1.54, 1.807) is 0 Å². The molecule has 3 aliphatic heterocycles. The van der Waals surface area contributed by atoms with Crippen molar-refractivity contribution < 1.29 is 31.4 Å². The number of alkyl halides is 3. The molecule has 3 aliphatic rings. The molecule has 14 heteroatoms. The molecule has 0 amide bonds. The van der Waals surface area contributed by atoms with Crippen LogP contribution < -0.4 is 20.7 Å². The zero-order valence-corrected chi connectivity index (χ0v) is 22.6. The second-order valence-electron chi connectivity index (χ2n) is 11.0. The molecular weight excluding hydrogens is 567 g/mol. The third-order valence-electron chi connectivity index (χ3n) is 8.08. The summed E-state index contributed by atoms with van der Waals surface area (Å²) >= 11 is 0.775. The van der Waals surface area contributed by atoms with E-state index < -0.39 is 34.5 Å². The van der Waals surface area contributed by atoms with Gasteiger partial charge in [-0.3, -0.25) is 0 Å². The van der Waals surface area contributed by atoms with Gasteiger partial charge in [-0.15, -0.1) is 0 Å². The highest BCUT2D eigenvalue weighted by atomic mass is 32.1. The van der Waals surface area contributed by atoms with Gasteiger partial charge in [-0.2, -0.15) is 23.1 Å². The average Bonchev–Trinajstić information content (AvgIpc) is 3.47. The van der Waals surface area contributed by atoms with Gasteiger partial charge in [0.1, 0.15) is 29.4 Å². The fraction of sp³-hybridized carbons (Fsp3) is 0.444. The summed E-state index contributed by atoms with van der Waals surface area (Å²) in [6.07, 6.45) is -2.36. The summed E-state index contributed by atoms with van der Waals surface area (Å²) in [5.41, 5.74) is 2.45. The van der Waals surface area contributed by atoms with Gasteiger partial charge >= 0.3 is 12.2 Å². The Morgan fingerprint density at radius 3 is 2.54 bits per heavy atom.